The number of carbonyl (C=O) groups is 1. The van der Waals surface area contributed by atoms with E-state index in [0.717, 1.165) is 38.2 Å². The van der Waals surface area contributed by atoms with Gasteiger partial charge in [0.1, 0.15) is 0 Å². The smallest absolute Gasteiger partial charge is 0.319 e. The molecule has 1 aromatic heterocycles. The van der Waals surface area contributed by atoms with Gasteiger partial charge >= 0.3 is 6.03 Å². The van der Waals surface area contributed by atoms with Crippen LogP contribution < -0.4 is 10.6 Å². The van der Waals surface area contributed by atoms with Crippen LogP contribution in [0.25, 0.3) is 0 Å². The summed E-state index contributed by atoms with van der Waals surface area (Å²) >= 11 is 0. The third kappa shape index (κ3) is 4.39. The number of aryl methyl sites for hydroxylation is 1. The van der Waals surface area contributed by atoms with E-state index in [9.17, 15) is 4.79 Å². The molecule has 0 saturated carbocycles. The molecule has 0 spiro atoms. The van der Waals surface area contributed by atoms with E-state index < -0.39 is 0 Å². The first-order valence-electron chi connectivity index (χ1n) is 9.07. The molecule has 1 aliphatic rings. The number of carbonyl (C=O) groups excluding carboxylic acids is 1. The average molecular weight is 341 g/mol. The van der Waals surface area contributed by atoms with Crippen molar-refractivity contribution in [3.05, 3.63) is 47.8 Å². The summed E-state index contributed by atoms with van der Waals surface area (Å²) in [6, 6.07) is 8.81. The second kappa shape index (κ2) is 8.16. The van der Waals surface area contributed by atoms with E-state index in [4.69, 9.17) is 0 Å². The highest BCUT2D eigenvalue weighted by Crippen LogP contribution is 2.21. The highest BCUT2D eigenvalue weighted by atomic mass is 16.2. The third-order valence-electron chi connectivity index (χ3n) is 4.86. The summed E-state index contributed by atoms with van der Waals surface area (Å²) in [6.07, 6.45) is 5.59. The Kier molecular flexibility index (Phi) is 5.71. The summed E-state index contributed by atoms with van der Waals surface area (Å²) in [7, 11) is 0. The van der Waals surface area contributed by atoms with E-state index >= 15 is 0 Å². The molecular weight excluding hydrogens is 314 g/mol. The van der Waals surface area contributed by atoms with Crippen LogP contribution in [0.5, 0.6) is 0 Å². The van der Waals surface area contributed by atoms with E-state index in [2.05, 4.69) is 51.8 Å². The molecule has 0 bridgehead atoms. The number of amides is 2. The van der Waals surface area contributed by atoms with Crippen molar-refractivity contribution in [2.75, 3.05) is 18.4 Å². The summed E-state index contributed by atoms with van der Waals surface area (Å²) in [5, 5.41) is 10.0. The Labute approximate surface area is 149 Å². The van der Waals surface area contributed by atoms with Gasteiger partial charge in [-0.2, -0.15) is 5.10 Å². The van der Waals surface area contributed by atoms with E-state index in [0.29, 0.717) is 12.6 Å². The van der Waals surface area contributed by atoms with Crippen molar-refractivity contribution in [3.8, 4) is 0 Å². The lowest BCUT2D eigenvalue weighted by Crippen LogP contribution is -2.46. The maximum Gasteiger partial charge on any atom is 0.319 e. The number of benzene rings is 1. The Morgan fingerprint density at radius 2 is 2.08 bits per heavy atom. The summed E-state index contributed by atoms with van der Waals surface area (Å²) in [6.45, 7) is 7.63. The summed E-state index contributed by atoms with van der Waals surface area (Å²) in [5.41, 5.74) is 3.58. The molecule has 134 valence electrons. The molecular formula is C19H27N5O. The molecule has 1 aromatic carbocycles. The molecule has 0 aliphatic carbocycles. The number of nitrogens with zero attached hydrogens (tertiary/aromatic N) is 3. The molecule has 0 fully saturated rings. The monoisotopic (exact) mass is 341 g/mol. The first kappa shape index (κ1) is 17.5. The second-order valence-electron chi connectivity index (χ2n) is 6.47. The van der Waals surface area contributed by atoms with Gasteiger partial charge in [-0.1, -0.05) is 31.2 Å². The zero-order valence-corrected chi connectivity index (χ0v) is 15.0. The van der Waals surface area contributed by atoms with Gasteiger partial charge in [0.2, 0.25) is 0 Å². The van der Waals surface area contributed by atoms with Gasteiger partial charge < -0.3 is 10.6 Å². The quantitative estimate of drug-likeness (QED) is 0.849. The standard InChI is InChI=1S/C19H27N5O/c1-3-18(23-10-9-15-7-5-6-8-16(15)13-23)12-20-19(25)22-17-11-21-24(4-2)14-17/h5-8,11,14,18H,3-4,9-10,12-13H2,1-2H3,(H2,20,22,25)/t18-/m0/s1. The summed E-state index contributed by atoms with van der Waals surface area (Å²) in [5.74, 6) is 0. The van der Waals surface area contributed by atoms with Crippen molar-refractivity contribution in [3.63, 3.8) is 0 Å². The maximum absolute atomic E-state index is 12.1. The molecule has 6 nitrogen and oxygen atoms in total. The molecule has 1 aliphatic heterocycles. The minimum atomic E-state index is -0.175. The Morgan fingerprint density at radius 1 is 1.28 bits per heavy atom. The molecule has 2 N–H and O–H groups in total. The van der Waals surface area contributed by atoms with Crippen molar-refractivity contribution in [1.82, 2.24) is 20.0 Å². The number of fused-ring (bicyclic) bond motifs is 1. The van der Waals surface area contributed by atoms with Crippen molar-refractivity contribution >= 4 is 11.7 Å². The van der Waals surface area contributed by atoms with Gasteiger partial charge in [-0.05, 0) is 30.9 Å². The maximum atomic E-state index is 12.1. The molecule has 2 aromatic rings. The van der Waals surface area contributed by atoms with Crippen LogP contribution in [0.1, 0.15) is 31.4 Å². The number of hydrogen-bond acceptors (Lipinski definition) is 3. The van der Waals surface area contributed by atoms with E-state index in [-0.39, 0.29) is 6.03 Å². The molecule has 25 heavy (non-hydrogen) atoms. The fraction of sp³-hybridized carbons (Fsp3) is 0.474. The first-order valence-corrected chi connectivity index (χ1v) is 9.07. The lowest BCUT2D eigenvalue weighted by atomic mass is 9.98. The van der Waals surface area contributed by atoms with Crippen LogP contribution in [0.2, 0.25) is 0 Å². The van der Waals surface area contributed by atoms with Gasteiger partial charge in [0.15, 0.2) is 0 Å². The van der Waals surface area contributed by atoms with Gasteiger partial charge in [0.05, 0.1) is 11.9 Å². The normalized spacial score (nSPS) is 15.4. The highest BCUT2D eigenvalue weighted by Gasteiger charge is 2.22. The predicted octanol–water partition coefficient (Wildman–Crippen LogP) is 2.86. The Bertz CT molecular complexity index is 711. The van der Waals surface area contributed by atoms with Crippen molar-refractivity contribution in [1.29, 1.82) is 0 Å². The van der Waals surface area contributed by atoms with E-state index in [1.54, 1.807) is 10.9 Å². The van der Waals surface area contributed by atoms with Crippen LogP contribution in [0.15, 0.2) is 36.7 Å². The molecule has 3 rings (SSSR count). The molecule has 0 unspecified atom stereocenters. The predicted molar refractivity (Wildman–Crippen MR) is 99.6 cm³/mol. The van der Waals surface area contributed by atoms with Crippen LogP contribution in [-0.2, 0) is 19.5 Å². The van der Waals surface area contributed by atoms with Gasteiger partial charge in [-0.25, -0.2) is 4.79 Å². The zero-order valence-electron chi connectivity index (χ0n) is 15.0. The number of hydrogen-bond donors (Lipinski definition) is 2. The third-order valence-corrected chi connectivity index (χ3v) is 4.86. The summed E-state index contributed by atoms with van der Waals surface area (Å²) < 4.78 is 1.79. The molecule has 2 heterocycles. The van der Waals surface area contributed by atoms with Gasteiger partial charge in [0, 0.05) is 38.4 Å². The zero-order chi connectivity index (χ0) is 17.6. The number of urea groups is 1. The molecule has 6 heteroatoms. The second-order valence-corrected chi connectivity index (χ2v) is 6.47. The fourth-order valence-electron chi connectivity index (χ4n) is 3.35. The number of nitrogens with one attached hydrogen (secondary N) is 2. The topological polar surface area (TPSA) is 62.2 Å². The lowest BCUT2D eigenvalue weighted by Gasteiger charge is -2.35. The summed E-state index contributed by atoms with van der Waals surface area (Å²) in [4.78, 5) is 14.6. The van der Waals surface area contributed by atoms with Crippen molar-refractivity contribution < 1.29 is 4.79 Å². The molecule has 0 radical (unpaired) electrons. The first-order chi connectivity index (χ1) is 12.2. The number of anilines is 1. The van der Waals surface area contributed by atoms with Gasteiger partial charge in [-0.15, -0.1) is 0 Å². The van der Waals surface area contributed by atoms with Gasteiger partial charge in [0.25, 0.3) is 0 Å². The molecule has 0 saturated heterocycles. The van der Waals surface area contributed by atoms with Crippen LogP contribution in [0.4, 0.5) is 10.5 Å². The highest BCUT2D eigenvalue weighted by molar-refractivity contribution is 5.88. The minimum absolute atomic E-state index is 0.175. The van der Waals surface area contributed by atoms with E-state index in [1.165, 1.54) is 11.1 Å². The molecule has 1 atom stereocenters. The molecule has 2 amide bonds. The average Bonchev–Trinajstić information content (AvgIpc) is 3.09. The van der Waals surface area contributed by atoms with Gasteiger partial charge in [-0.3, -0.25) is 9.58 Å². The van der Waals surface area contributed by atoms with Crippen LogP contribution in [-0.4, -0.2) is 39.8 Å². The SMILES string of the molecule is CC[C@@H](CNC(=O)Nc1cnn(CC)c1)N1CCc2ccccc2C1. The van der Waals surface area contributed by atoms with Crippen molar-refractivity contribution in [2.45, 2.75) is 45.8 Å². The minimum Gasteiger partial charge on any atom is -0.336 e. The Morgan fingerprint density at radius 3 is 2.80 bits per heavy atom. The number of aromatic nitrogens is 2. The van der Waals surface area contributed by atoms with Crippen molar-refractivity contribution in [2.24, 2.45) is 0 Å². The van der Waals surface area contributed by atoms with Crippen LogP contribution in [0.3, 0.4) is 0 Å². The number of rotatable bonds is 6. The fourth-order valence-corrected chi connectivity index (χ4v) is 3.35. The largest absolute Gasteiger partial charge is 0.336 e. The van der Waals surface area contributed by atoms with E-state index in [1.807, 2.05) is 13.1 Å². The van der Waals surface area contributed by atoms with Crippen LogP contribution in [0, 0.1) is 0 Å². The lowest BCUT2D eigenvalue weighted by molar-refractivity contribution is 0.170. The Balaban J connectivity index is 1.51. The Hall–Kier alpha value is -2.34. The van der Waals surface area contributed by atoms with Crippen LogP contribution >= 0.6 is 0 Å².